The molecule has 2 aromatic heterocycles. The van der Waals surface area contributed by atoms with Gasteiger partial charge in [-0.15, -0.1) is 0 Å². The number of aromatic nitrogens is 4. The highest BCUT2D eigenvalue weighted by atomic mass is 32.2. The first-order valence-corrected chi connectivity index (χ1v) is 10.8. The molecule has 1 fully saturated rings. The van der Waals surface area contributed by atoms with Crippen molar-refractivity contribution >= 4 is 15.8 Å². The lowest BCUT2D eigenvalue weighted by atomic mass is 10.0. The number of aryl methyl sites for hydroxylation is 1. The first-order valence-electron chi connectivity index (χ1n) is 9.27. The van der Waals surface area contributed by atoms with Gasteiger partial charge >= 0.3 is 0 Å². The minimum atomic E-state index is -4.24. The molecular formula is C19H19F2N5O3S. The fraction of sp³-hybridized carbons (Fsp3) is 0.316. The van der Waals surface area contributed by atoms with E-state index in [9.17, 15) is 17.2 Å². The maximum atomic E-state index is 14.7. The van der Waals surface area contributed by atoms with Crippen molar-refractivity contribution in [2.24, 2.45) is 7.05 Å². The highest BCUT2D eigenvalue weighted by Gasteiger charge is 2.34. The molecule has 2 heterocycles. The van der Waals surface area contributed by atoms with E-state index in [2.05, 4.69) is 19.8 Å². The van der Waals surface area contributed by atoms with Crippen molar-refractivity contribution in [3.8, 4) is 5.75 Å². The van der Waals surface area contributed by atoms with Crippen LogP contribution in [-0.2, 0) is 17.1 Å². The number of hydrogen-bond donors (Lipinski definition) is 1. The second-order valence-corrected chi connectivity index (χ2v) is 8.67. The Labute approximate surface area is 172 Å². The normalized spacial score (nSPS) is 19.0. The Bertz CT molecular complexity index is 1130. The third-order valence-corrected chi connectivity index (χ3v) is 6.40. The monoisotopic (exact) mass is 435 g/mol. The second kappa shape index (κ2) is 7.98. The lowest BCUT2D eigenvalue weighted by Crippen LogP contribution is -2.23. The van der Waals surface area contributed by atoms with Crippen LogP contribution >= 0.6 is 0 Å². The van der Waals surface area contributed by atoms with Gasteiger partial charge in [0.05, 0.1) is 4.90 Å². The summed E-state index contributed by atoms with van der Waals surface area (Å²) in [5.74, 6) is -2.84. The van der Waals surface area contributed by atoms with E-state index >= 15 is 0 Å². The molecule has 1 aliphatic rings. The van der Waals surface area contributed by atoms with E-state index in [1.54, 1.807) is 17.9 Å². The molecule has 0 radical (unpaired) electrons. The zero-order chi connectivity index (χ0) is 21.3. The van der Waals surface area contributed by atoms with Gasteiger partial charge in [0.2, 0.25) is 0 Å². The predicted octanol–water partition coefficient (Wildman–Crippen LogP) is 3.00. The summed E-state index contributed by atoms with van der Waals surface area (Å²) in [5, 5.41) is 4.14. The Hall–Kier alpha value is -3.08. The molecule has 3 aromatic rings. The molecule has 8 nitrogen and oxygen atoms in total. The molecule has 158 valence electrons. The Morgan fingerprint density at radius 1 is 1.17 bits per heavy atom. The van der Waals surface area contributed by atoms with Crippen molar-refractivity contribution in [3.05, 3.63) is 60.3 Å². The molecule has 1 saturated carbocycles. The molecule has 1 aliphatic carbocycles. The van der Waals surface area contributed by atoms with Crippen molar-refractivity contribution in [2.75, 3.05) is 4.72 Å². The van der Waals surface area contributed by atoms with Crippen LogP contribution in [0.1, 0.15) is 30.9 Å². The van der Waals surface area contributed by atoms with Gasteiger partial charge in [0.25, 0.3) is 10.0 Å². The van der Waals surface area contributed by atoms with Crippen molar-refractivity contribution in [1.29, 1.82) is 0 Å². The third kappa shape index (κ3) is 3.97. The van der Waals surface area contributed by atoms with Crippen LogP contribution in [0.2, 0.25) is 0 Å². The zero-order valence-electron chi connectivity index (χ0n) is 16.0. The van der Waals surface area contributed by atoms with Gasteiger partial charge in [-0.05, 0) is 43.5 Å². The van der Waals surface area contributed by atoms with Crippen molar-refractivity contribution in [1.82, 2.24) is 19.7 Å². The van der Waals surface area contributed by atoms with Gasteiger partial charge in [0.15, 0.2) is 17.4 Å². The Kier molecular flexibility index (Phi) is 5.37. The largest absolute Gasteiger partial charge is 0.484 e. The van der Waals surface area contributed by atoms with Gasteiger partial charge < -0.3 is 4.74 Å². The van der Waals surface area contributed by atoms with E-state index in [-0.39, 0.29) is 11.7 Å². The lowest BCUT2D eigenvalue weighted by molar-refractivity contribution is 0.170. The summed E-state index contributed by atoms with van der Waals surface area (Å²) in [6.45, 7) is 0. The lowest BCUT2D eigenvalue weighted by Gasteiger charge is -2.22. The van der Waals surface area contributed by atoms with Gasteiger partial charge in [0.1, 0.15) is 18.2 Å². The Morgan fingerprint density at radius 2 is 1.93 bits per heavy atom. The molecule has 0 saturated heterocycles. The van der Waals surface area contributed by atoms with Gasteiger partial charge in [-0.1, -0.05) is 0 Å². The maximum absolute atomic E-state index is 14.7. The second-order valence-electron chi connectivity index (χ2n) is 6.99. The van der Waals surface area contributed by atoms with Crippen LogP contribution in [0.4, 0.5) is 14.6 Å². The van der Waals surface area contributed by atoms with E-state index in [1.807, 2.05) is 6.07 Å². The van der Waals surface area contributed by atoms with Crippen LogP contribution in [0.5, 0.6) is 5.75 Å². The zero-order valence-corrected chi connectivity index (χ0v) is 16.8. The summed E-state index contributed by atoms with van der Waals surface area (Å²) in [6.07, 6.45) is 5.99. The van der Waals surface area contributed by atoms with E-state index in [1.165, 1.54) is 12.3 Å². The number of halogens is 2. The number of nitrogens with one attached hydrogen (secondary N) is 1. The maximum Gasteiger partial charge on any atom is 0.263 e. The van der Waals surface area contributed by atoms with Crippen LogP contribution in [0.25, 0.3) is 0 Å². The molecule has 1 N–H and O–H groups in total. The minimum absolute atomic E-state index is 0.0175. The molecule has 1 aromatic carbocycles. The Morgan fingerprint density at radius 3 is 2.57 bits per heavy atom. The summed E-state index contributed by atoms with van der Waals surface area (Å²) in [5.41, 5.74) is 0.923. The van der Waals surface area contributed by atoms with Crippen LogP contribution in [-0.4, -0.2) is 34.3 Å². The van der Waals surface area contributed by atoms with Crippen LogP contribution in [0.3, 0.4) is 0 Å². The average Bonchev–Trinajstić information content (AvgIpc) is 3.33. The Balaban J connectivity index is 1.58. The summed E-state index contributed by atoms with van der Waals surface area (Å²) in [7, 11) is -2.44. The summed E-state index contributed by atoms with van der Waals surface area (Å²) in [4.78, 5) is 6.85. The highest BCUT2D eigenvalue weighted by molar-refractivity contribution is 7.92. The molecule has 4 rings (SSSR count). The van der Waals surface area contributed by atoms with Crippen LogP contribution in [0, 0.1) is 11.6 Å². The van der Waals surface area contributed by atoms with Gasteiger partial charge in [-0.2, -0.15) is 5.10 Å². The number of anilines is 1. The highest BCUT2D eigenvalue weighted by Crippen LogP contribution is 2.38. The number of rotatable bonds is 6. The summed E-state index contributed by atoms with van der Waals surface area (Å²) >= 11 is 0. The van der Waals surface area contributed by atoms with E-state index in [4.69, 9.17) is 4.74 Å². The van der Waals surface area contributed by atoms with Gasteiger partial charge in [-0.25, -0.2) is 27.2 Å². The molecule has 30 heavy (non-hydrogen) atoms. The molecular weight excluding hydrogens is 416 g/mol. The van der Waals surface area contributed by atoms with E-state index < -0.39 is 38.4 Å². The van der Waals surface area contributed by atoms with Crippen LogP contribution in [0.15, 0.2) is 47.9 Å². The molecule has 0 amide bonds. The third-order valence-electron chi connectivity index (χ3n) is 5.06. The van der Waals surface area contributed by atoms with Gasteiger partial charge in [-0.3, -0.25) is 9.40 Å². The standard InChI is InChI=1S/C19H19F2N5O3S/c1-26-16(5-8-24-26)13-3-2-4-17(13)29-19-14(20)9-12(10-15(19)21)30(27,28)25-18-6-7-22-11-23-18/h5-11,13,17H,2-4H2,1H3,(H,22,23,25)/t13-,17+/m1/s1. The summed E-state index contributed by atoms with van der Waals surface area (Å²) in [6, 6.07) is 4.64. The SMILES string of the molecule is Cn1nccc1[C@H]1CCC[C@@H]1Oc1c(F)cc(S(=O)(=O)Nc2ccncn2)cc1F. The smallest absolute Gasteiger partial charge is 0.263 e. The van der Waals surface area contributed by atoms with Crippen molar-refractivity contribution in [3.63, 3.8) is 0 Å². The summed E-state index contributed by atoms with van der Waals surface area (Å²) < 4.78 is 63.8. The molecule has 2 atom stereocenters. The van der Waals surface area contributed by atoms with Crippen molar-refractivity contribution < 1.29 is 21.9 Å². The fourth-order valence-corrected chi connectivity index (χ4v) is 4.69. The topological polar surface area (TPSA) is 99.0 Å². The number of sulfonamides is 1. The molecule has 0 unspecified atom stereocenters. The minimum Gasteiger partial charge on any atom is -0.484 e. The molecule has 0 bridgehead atoms. The average molecular weight is 435 g/mol. The van der Waals surface area contributed by atoms with Crippen LogP contribution < -0.4 is 9.46 Å². The first-order chi connectivity index (χ1) is 14.3. The predicted molar refractivity (Wildman–Crippen MR) is 103 cm³/mol. The molecule has 0 spiro atoms. The van der Waals surface area contributed by atoms with Gasteiger partial charge in [0, 0.05) is 31.1 Å². The number of ether oxygens (including phenoxy) is 1. The molecule has 11 heteroatoms. The quantitative estimate of drug-likeness (QED) is 0.639. The van der Waals surface area contributed by atoms with Crippen molar-refractivity contribution in [2.45, 2.75) is 36.2 Å². The van der Waals surface area contributed by atoms with E-state index in [0.717, 1.165) is 37.0 Å². The first kappa shape index (κ1) is 20.2. The number of nitrogens with zero attached hydrogens (tertiary/aromatic N) is 4. The number of benzene rings is 1. The molecule has 0 aliphatic heterocycles. The van der Waals surface area contributed by atoms with E-state index in [0.29, 0.717) is 6.42 Å². The number of hydrogen-bond acceptors (Lipinski definition) is 6. The fourth-order valence-electron chi connectivity index (χ4n) is 3.66.